The zero-order chi connectivity index (χ0) is 22.5. The second-order valence-electron chi connectivity index (χ2n) is 8.14. The van der Waals surface area contributed by atoms with Gasteiger partial charge in [0.25, 0.3) is 0 Å². The number of anilines is 1. The van der Waals surface area contributed by atoms with Gasteiger partial charge in [-0.05, 0) is 25.0 Å². The van der Waals surface area contributed by atoms with Gasteiger partial charge in [-0.2, -0.15) is 5.10 Å². The minimum absolute atomic E-state index is 0.164. The Kier molecular flexibility index (Phi) is 4.54. The maximum absolute atomic E-state index is 11.2. The molecule has 1 aliphatic rings. The lowest BCUT2D eigenvalue weighted by molar-refractivity contribution is 0.124. The highest BCUT2D eigenvalue weighted by atomic mass is 32.1. The third kappa shape index (κ3) is 3.30. The van der Waals surface area contributed by atoms with Crippen molar-refractivity contribution in [2.45, 2.75) is 18.9 Å². The van der Waals surface area contributed by atoms with Crippen molar-refractivity contribution in [3.05, 3.63) is 48.5 Å². The van der Waals surface area contributed by atoms with Crippen LogP contribution in [-0.2, 0) is 0 Å². The molecule has 1 fully saturated rings. The van der Waals surface area contributed by atoms with E-state index in [1.165, 1.54) is 4.90 Å². The van der Waals surface area contributed by atoms with Crippen molar-refractivity contribution in [3.8, 4) is 22.5 Å². The van der Waals surface area contributed by atoms with E-state index in [0.29, 0.717) is 24.5 Å². The molecule has 1 saturated heterocycles. The molecule has 0 unspecified atom stereocenters. The molecule has 6 rings (SSSR count). The highest BCUT2D eigenvalue weighted by Crippen LogP contribution is 2.40. The Labute approximate surface area is 192 Å². The molecule has 0 aliphatic carbocycles. The van der Waals surface area contributed by atoms with Gasteiger partial charge >= 0.3 is 6.09 Å². The lowest BCUT2D eigenvalue weighted by Gasteiger charge is -2.30. The Morgan fingerprint density at radius 2 is 2.03 bits per heavy atom. The predicted molar refractivity (Wildman–Crippen MR) is 126 cm³/mol. The summed E-state index contributed by atoms with van der Waals surface area (Å²) in [5.41, 5.74) is 9.52. The number of thiophene rings is 1. The topological polar surface area (TPSA) is 123 Å². The number of hydrogen-bond acceptors (Lipinski definition) is 7. The van der Waals surface area contributed by atoms with Crippen LogP contribution < -0.4 is 5.73 Å². The number of rotatable bonds is 3. The molecular weight excluding hydrogens is 440 g/mol. The van der Waals surface area contributed by atoms with E-state index in [0.717, 1.165) is 50.8 Å². The van der Waals surface area contributed by atoms with Crippen LogP contribution >= 0.6 is 11.3 Å². The Morgan fingerprint density at radius 1 is 1.18 bits per heavy atom. The third-order valence-electron chi connectivity index (χ3n) is 6.25. The molecule has 3 N–H and O–H groups in total. The van der Waals surface area contributed by atoms with Gasteiger partial charge in [-0.15, -0.1) is 11.3 Å². The number of hydrogen-bond donors (Lipinski definition) is 2. The molecule has 1 aliphatic heterocycles. The summed E-state index contributed by atoms with van der Waals surface area (Å²) in [6, 6.07) is 4.15. The number of nitrogens with zero attached hydrogens (tertiary/aromatic N) is 5. The van der Waals surface area contributed by atoms with Crippen molar-refractivity contribution in [2.75, 3.05) is 18.8 Å². The number of likely N-dealkylation sites (tertiary alicyclic amines) is 1. The number of furan rings is 1. The van der Waals surface area contributed by atoms with Gasteiger partial charge in [-0.25, -0.2) is 9.78 Å². The Bertz CT molecular complexity index is 1490. The molecule has 166 valence electrons. The van der Waals surface area contributed by atoms with Crippen molar-refractivity contribution in [2.24, 2.45) is 0 Å². The largest absolute Gasteiger partial charge is 0.465 e. The van der Waals surface area contributed by atoms with Crippen LogP contribution in [0.1, 0.15) is 18.9 Å². The standard InChI is InChI=1S/C23H20N6O3S/c24-22-21-16(7-19(32-21)18-12-33-20-10-25-4-1-15(18)20)17(9-26-22)13-8-27-29(11-13)14-2-5-28(6-3-14)23(30)31/h1,4,7-12,14H,2-3,5-6H2,(H2,24,26)(H,30,31). The molecule has 0 spiro atoms. The van der Waals surface area contributed by atoms with E-state index in [1.54, 1.807) is 23.7 Å². The molecule has 5 aromatic rings. The number of amides is 1. The molecule has 9 nitrogen and oxygen atoms in total. The number of piperidine rings is 1. The molecule has 0 saturated carbocycles. The number of nitrogens with two attached hydrogens (primary N) is 1. The molecule has 0 radical (unpaired) electrons. The summed E-state index contributed by atoms with van der Waals surface area (Å²) < 4.78 is 9.20. The molecule has 0 atom stereocenters. The first kappa shape index (κ1) is 19.7. The SMILES string of the molecule is Nc1ncc(-c2cnn(C3CCN(C(=O)O)CC3)c2)c2cc(-c3csc4cnccc34)oc12. The Hall–Kier alpha value is -3.92. The summed E-state index contributed by atoms with van der Waals surface area (Å²) in [7, 11) is 0. The summed E-state index contributed by atoms with van der Waals surface area (Å²) in [6.07, 6.45) is 9.79. The van der Waals surface area contributed by atoms with Crippen LogP contribution in [0.2, 0.25) is 0 Å². The van der Waals surface area contributed by atoms with E-state index in [9.17, 15) is 9.90 Å². The predicted octanol–water partition coefficient (Wildman–Crippen LogP) is 4.87. The average molecular weight is 461 g/mol. The second-order valence-corrected chi connectivity index (χ2v) is 9.05. The first-order valence-corrected chi connectivity index (χ1v) is 11.5. The van der Waals surface area contributed by atoms with Crippen molar-refractivity contribution in [1.29, 1.82) is 0 Å². The van der Waals surface area contributed by atoms with E-state index >= 15 is 0 Å². The van der Waals surface area contributed by atoms with Crippen LogP contribution in [0.4, 0.5) is 10.6 Å². The quantitative estimate of drug-likeness (QED) is 0.394. The van der Waals surface area contributed by atoms with E-state index in [4.69, 9.17) is 10.2 Å². The van der Waals surface area contributed by atoms with Gasteiger partial charge in [0, 0.05) is 70.7 Å². The summed E-state index contributed by atoms with van der Waals surface area (Å²) in [5, 5.41) is 17.8. The maximum Gasteiger partial charge on any atom is 0.407 e. The molecule has 1 amide bonds. The minimum atomic E-state index is -0.865. The Balaban J connectivity index is 1.37. The van der Waals surface area contributed by atoms with E-state index in [-0.39, 0.29) is 6.04 Å². The van der Waals surface area contributed by atoms with Gasteiger partial charge in [0.05, 0.1) is 16.9 Å². The van der Waals surface area contributed by atoms with E-state index < -0.39 is 6.09 Å². The lowest BCUT2D eigenvalue weighted by atomic mass is 10.0. The van der Waals surface area contributed by atoms with Gasteiger partial charge < -0.3 is 20.2 Å². The lowest BCUT2D eigenvalue weighted by Crippen LogP contribution is -2.38. The smallest absolute Gasteiger partial charge is 0.407 e. The fraction of sp³-hybridized carbons (Fsp3) is 0.217. The van der Waals surface area contributed by atoms with Crippen LogP contribution in [-0.4, -0.2) is 48.9 Å². The normalized spacial score (nSPS) is 15.0. The number of fused-ring (bicyclic) bond motifs is 2. The summed E-state index contributed by atoms with van der Waals surface area (Å²) in [4.78, 5) is 21.2. The first-order chi connectivity index (χ1) is 16.1. The van der Waals surface area contributed by atoms with Crippen molar-refractivity contribution in [1.82, 2.24) is 24.6 Å². The highest BCUT2D eigenvalue weighted by molar-refractivity contribution is 7.17. The summed E-state index contributed by atoms with van der Waals surface area (Å²) >= 11 is 1.62. The third-order valence-corrected chi connectivity index (χ3v) is 7.19. The van der Waals surface area contributed by atoms with Crippen LogP contribution in [0.5, 0.6) is 0 Å². The van der Waals surface area contributed by atoms with Gasteiger partial charge in [-0.1, -0.05) is 0 Å². The van der Waals surface area contributed by atoms with Crippen LogP contribution in [0.25, 0.3) is 43.5 Å². The van der Waals surface area contributed by atoms with Crippen LogP contribution in [0, 0.1) is 0 Å². The molecule has 33 heavy (non-hydrogen) atoms. The van der Waals surface area contributed by atoms with Crippen molar-refractivity contribution in [3.63, 3.8) is 0 Å². The first-order valence-electron chi connectivity index (χ1n) is 10.6. The zero-order valence-corrected chi connectivity index (χ0v) is 18.3. The average Bonchev–Trinajstić information content (AvgIpc) is 3.57. The van der Waals surface area contributed by atoms with Gasteiger partial charge in [0.2, 0.25) is 0 Å². The van der Waals surface area contributed by atoms with Gasteiger partial charge in [-0.3, -0.25) is 9.67 Å². The monoisotopic (exact) mass is 460 g/mol. The van der Waals surface area contributed by atoms with Crippen molar-refractivity contribution >= 4 is 44.3 Å². The number of aromatic nitrogens is 4. The van der Waals surface area contributed by atoms with E-state index in [2.05, 4.69) is 20.4 Å². The highest BCUT2D eigenvalue weighted by Gasteiger charge is 2.24. The molecule has 10 heteroatoms. The number of carboxylic acid groups (broad SMARTS) is 1. The fourth-order valence-electron chi connectivity index (χ4n) is 4.48. The van der Waals surface area contributed by atoms with Gasteiger partial charge in [0.1, 0.15) is 5.76 Å². The molecule has 6 heterocycles. The minimum Gasteiger partial charge on any atom is -0.465 e. The maximum atomic E-state index is 11.2. The van der Waals surface area contributed by atoms with Crippen LogP contribution in [0.3, 0.4) is 0 Å². The second kappa shape index (κ2) is 7.59. The molecule has 5 aromatic heterocycles. The summed E-state index contributed by atoms with van der Waals surface area (Å²) in [6.45, 7) is 1.02. The fourth-order valence-corrected chi connectivity index (χ4v) is 5.39. The number of pyridine rings is 2. The molecular formula is C23H20N6O3S. The van der Waals surface area contributed by atoms with Crippen LogP contribution in [0.15, 0.2) is 52.9 Å². The van der Waals surface area contributed by atoms with Gasteiger partial charge in [0.15, 0.2) is 11.4 Å². The van der Waals surface area contributed by atoms with E-state index in [1.807, 2.05) is 35.4 Å². The number of nitrogen functional groups attached to an aromatic ring is 1. The molecule has 0 bridgehead atoms. The Morgan fingerprint density at radius 3 is 2.85 bits per heavy atom. The zero-order valence-electron chi connectivity index (χ0n) is 17.5. The van der Waals surface area contributed by atoms with Crippen molar-refractivity contribution < 1.29 is 14.3 Å². The molecule has 0 aromatic carbocycles. The summed E-state index contributed by atoms with van der Waals surface area (Å²) in [5.74, 6) is 1.08. The number of carbonyl (C=O) groups is 1.